The lowest BCUT2D eigenvalue weighted by Gasteiger charge is -2.11. The van der Waals surface area contributed by atoms with Gasteiger partial charge in [0.1, 0.15) is 16.5 Å². The molecular weight excluding hydrogens is 254 g/mol. The van der Waals surface area contributed by atoms with E-state index in [1.54, 1.807) is 0 Å². The summed E-state index contributed by atoms with van der Waals surface area (Å²) >= 11 is 5.00. The zero-order chi connectivity index (χ0) is 14.0. The maximum absolute atomic E-state index is 5.92. The van der Waals surface area contributed by atoms with Crippen LogP contribution in [0.5, 0.6) is 11.5 Å². The minimum atomic E-state index is 0.413. The van der Waals surface area contributed by atoms with E-state index in [2.05, 4.69) is 12.1 Å². The number of ether oxygens (including phenoxy) is 1. The predicted molar refractivity (Wildman–Crippen MR) is 83.1 cm³/mol. The van der Waals surface area contributed by atoms with E-state index >= 15 is 0 Å². The van der Waals surface area contributed by atoms with Crippen molar-refractivity contribution < 1.29 is 4.74 Å². The quantitative estimate of drug-likeness (QED) is 0.856. The third-order valence-electron chi connectivity index (χ3n) is 3.03. The minimum absolute atomic E-state index is 0.413. The van der Waals surface area contributed by atoms with E-state index in [9.17, 15) is 0 Å². The van der Waals surface area contributed by atoms with Crippen molar-refractivity contribution in [3.8, 4) is 11.5 Å². The molecule has 0 atom stereocenters. The van der Waals surface area contributed by atoms with Crippen molar-refractivity contribution in [2.75, 3.05) is 0 Å². The van der Waals surface area contributed by atoms with Crippen molar-refractivity contribution in [1.82, 2.24) is 0 Å². The Bertz CT molecular complexity index is 635. The third-order valence-corrected chi connectivity index (χ3v) is 3.25. The Balaban J connectivity index is 2.31. The summed E-state index contributed by atoms with van der Waals surface area (Å²) in [5, 5.41) is 0. The average molecular weight is 271 g/mol. The number of hydrogen-bond acceptors (Lipinski definition) is 2. The molecule has 0 heterocycles. The summed E-state index contributed by atoms with van der Waals surface area (Å²) in [6.07, 6.45) is 0. The second-order valence-electron chi connectivity index (χ2n) is 4.71. The monoisotopic (exact) mass is 271 g/mol. The molecule has 2 rings (SSSR count). The van der Waals surface area contributed by atoms with Crippen molar-refractivity contribution in [2.45, 2.75) is 20.8 Å². The van der Waals surface area contributed by atoms with E-state index in [1.807, 2.05) is 45.0 Å². The molecule has 2 nitrogen and oxygen atoms in total. The standard InChI is InChI=1S/C16H17NOS/c1-10-4-5-11(2)15(8-10)18-13-6-7-14(16(17)19)12(3)9-13/h4-9H,1-3H3,(H2,17,19). The van der Waals surface area contributed by atoms with E-state index in [0.29, 0.717) is 4.99 Å². The molecule has 0 amide bonds. The zero-order valence-corrected chi connectivity index (χ0v) is 12.2. The lowest BCUT2D eigenvalue weighted by Crippen LogP contribution is -2.10. The Kier molecular flexibility index (Phi) is 3.86. The summed E-state index contributed by atoms with van der Waals surface area (Å²) in [5.74, 6) is 1.67. The maximum atomic E-state index is 5.92. The van der Waals surface area contributed by atoms with Crippen LogP contribution in [0.2, 0.25) is 0 Å². The van der Waals surface area contributed by atoms with E-state index in [1.165, 1.54) is 5.56 Å². The van der Waals surface area contributed by atoms with Gasteiger partial charge in [-0.05, 0) is 61.7 Å². The minimum Gasteiger partial charge on any atom is -0.457 e. The van der Waals surface area contributed by atoms with Crippen molar-refractivity contribution in [1.29, 1.82) is 0 Å². The first-order valence-corrected chi connectivity index (χ1v) is 6.54. The first-order valence-electron chi connectivity index (χ1n) is 6.13. The van der Waals surface area contributed by atoms with Crippen LogP contribution in [-0.4, -0.2) is 4.99 Å². The van der Waals surface area contributed by atoms with Crippen LogP contribution in [0.3, 0.4) is 0 Å². The molecule has 2 aromatic carbocycles. The first kappa shape index (κ1) is 13.6. The van der Waals surface area contributed by atoms with Crippen molar-refractivity contribution in [2.24, 2.45) is 5.73 Å². The number of rotatable bonds is 3. The molecule has 0 unspecified atom stereocenters. The molecule has 0 bridgehead atoms. The van der Waals surface area contributed by atoms with E-state index < -0.39 is 0 Å². The molecular formula is C16H17NOS. The van der Waals surface area contributed by atoms with Gasteiger partial charge in [0.25, 0.3) is 0 Å². The topological polar surface area (TPSA) is 35.2 Å². The van der Waals surface area contributed by atoms with Crippen LogP contribution in [-0.2, 0) is 0 Å². The molecule has 0 aliphatic carbocycles. The van der Waals surface area contributed by atoms with E-state index in [0.717, 1.165) is 28.2 Å². The molecule has 0 aliphatic heterocycles. The molecule has 0 spiro atoms. The second kappa shape index (κ2) is 5.41. The normalized spacial score (nSPS) is 10.3. The Hall–Kier alpha value is -1.87. The average Bonchev–Trinajstić information content (AvgIpc) is 2.33. The van der Waals surface area contributed by atoms with Crippen LogP contribution in [0.25, 0.3) is 0 Å². The van der Waals surface area contributed by atoms with Crippen LogP contribution >= 0.6 is 12.2 Å². The van der Waals surface area contributed by atoms with Gasteiger partial charge in [-0.1, -0.05) is 24.4 Å². The molecule has 0 fully saturated rings. The molecule has 2 aromatic rings. The highest BCUT2D eigenvalue weighted by molar-refractivity contribution is 7.80. The maximum Gasteiger partial charge on any atom is 0.130 e. The van der Waals surface area contributed by atoms with Gasteiger partial charge < -0.3 is 10.5 Å². The van der Waals surface area contributed by atoms with Crippen molar-refractivity contribution in [3.05, 3.63) is 58.7 Å². The molecule has 0 radical (unpaired) electrons. The van der Waals surface area contributed by atoms with Crippen LogP contribution in [0, 0.1) is 20.8 Å². The molecule has 0 aliphatic rings. The second-order valence-corrected chi connectivity index (χ2v) is 5.15. The summed E-state index contributed by atoms with van der Waals surface area (Å²) < 4.78 is 5.92. The Labute approximate surface area is 119 Å². The molecule has 19 heavy (non-hydrogen) atoms. The number of thiocarbonyl (C=S) groups is 1. The third kappa shape index (κ3) is 3.12. The summed E-state index contributed by atoms with van der Waals surface area (Å²) in [6, 6.07) is 11.9. The van der Waals surface area contributed by atoms with E-state index in [-0.39, 0.29) is 0 Å². The Morgan fingerprint density at radius 2 is 1.74 bits per heavy atom. The van der Waals surface area contributed by atoms with Gasteiger partial charge in [0.2, 0.25) is 0 Å². The Morgan fingerprint density at radius 3 is 2.37 bits per heavy atom. The number of hydrogen-bond donors (Lipinski definition) is 1. The number of benzene rings is 2. The SMILES string of the molecule is Cc1ccc(C)c(Oc2ccc(C(N)=S)c(C)c2)c1. The molecule has 0 saturated heterocycles. The molecule has 0 saturated carbocycles. The molecule has 2 N–H and O–H groups in total. The highest BCUT2D eigenvalue weighted by Crippen LogP contribution is 2.27. The van der Waals surface area contributed by atoms with E-state index in [4.69, 9.17) is 22.7 Å². The summed E-state index contributed by atoms with van der Waals surface area (Å²) in [7, 11) is 0. The zero-order valence-electron chi connectivity index (χ0n) is 11.4. The Morgan fingerprint density at radius 1 is 1.00 bits per heavy atom. The van der Waals surface area contributed by atoms with Gasteiger partial charge in [0.15, 0.2) is 0 Å². The van der Waals surface area contributed by atoms with Gasteiger partial charge in [-0.15, -0.1) is 0 Å². The predicted octanol–water partition coefficient (Wildman–Crippen LogP) is 4.04. The largest absolute Gasteiger partial charge is 0.457 e. The van der Waals surface area contributed by atoms with Gasteiger partial charge >= 0.3 is 0 Å². The lowest BCUT2D eigenvalue weighted by molar-refractivity contribution is 0.478. The fourth-order valence-corrected chi connectivity index (χ4v) is 2.15. The van der Waals surface area contributed by atoms with Gasteiger partial charge in [0.05, 0.1) is 0 Å². The van der Waals surface area contributed by atoms with Crippen LogP contribution in [0.1, 0.15) is 22.3 Å². The molecule has 0 aromatic heterocycles. The summed E-state index contributed by atoms with van der Waals surface area (Å²) in [4.78, 5) is 0.413. The summed E-state index contributed by atoms with van der Waals surface area (Å²) in [5.41, 5.74) is 9.86. The van der Waals surface area contributed by atoms with Crippen LogP contribution in [0.4, 0.5) is 0 Å². The fraction of sp³-hybridized carbons (Fsp3) is 0.188. The van der Waals surface area contributed by atoms with Crippen LogP contribution < -0.4 is 10.5 Å². The molecule has 3 heteroatoms. The summed E-state index contributed by atoms with van der Waals surface area (Å²) in [6.45, 7) is 6.06. The highest BCUT2D eigenvalue weighted by atomic mass is 32.1. The first-order chi connectivity index (χ1) is 8.97. The van der Waals surface area contributed by atoms with Gasteiger partial charge in [-0.3, -0.25) is 0 Å². The van der Waals surface area contributed by atoms with Crippen molar-refractivity contribution in [3.63, 3.8) is 0 Å². The highest BCUT2D eigenvalue weighted by Gasteiger charge is 2.06. The van der Waals surface area contributed by atoms with Gasteiger partial charge in [-0.2, -0.15) is 0 Å². The lowest BCUT2D eigenvalue weighted by atomic mass is 10.1. The van der Waals surface area contributed by atoms with Gasteiger partial charge in [-0.25, -0.2) is 0 Å². The van der Waals surface area contributed by atoms with Crippen molar-refractivity contribution >= 4 is 17.2 Å². The number of aryl methyl sites for hydroxylation is 3. The van der Waals surface area contributed by atoms with Crippen LogP contribution in [0.15, 0.2) is 36.4 Å². The fourth-order valence-electron chi connectivity index (χ4n) is 1.92. The smallest absolute Gasteiger partial charge is 0.130 e. The van der Waals surface area contributed by atoms with Gasteiger partial charge in [0, 0.05) is 5.56 Å². The molecule has 98 valence electrons. The number of nitrogens with two attached hydrogens (primary N) is 1.